The number of urea groups is 1. The number of hydrogen-bond donors (Lipinski definition) is 3. The van der Waals surface area contributed by atoms with Gasteiger partial charge in [-0.05, 0) is 32.5 Å². The quantitative estimate of drug-likeness (QED) is 0.641. The first-order valence-electron chi connectivity index (χ1n) is 9.49. The van der Waals surface area contributed by atoms with Crippen molar-refractivity contribution in [1.29, 1.82) is 0 Å². The van der Waals surface area contributed by atoms with Crippen LogP contribution in [0, 0.1) is 0 Å². The number of hydrogen-bond acceptors (Lipinski definition) is 6. The number of nitrogens with one attached hydrogen (secondary N) is 2. The van der Waals surface area contributed by atoms with E-state index in [-0.39, 0.29) is 6.03 Å². The van der Waals surface area contributed by atoms with Gasteiger partial charge in [-0.25, -0.2) is 24.2 Å². The van der Waals surface area contributed by atoms with E-state index in [1.807, 2.05) is 12.1 Å². The molecule has 170 valence electrons. The molecule has 1 fully saturated rings. The van der Waals surface area contributed by atoms with Crippen molar-refractivity contribution in [3.63, 3.8) is 0 Å². The number of pyridine rings is 1. The number of alkyl halides is 3. The maximum absolute atomic E-state index is 12.1. The van der Waals surface area contributed by atoms with Crippen LogP contribution in [0.25, 0.3) is 5.82 Å². The molecule has 10 nitrogen and oxygen atoms in total. The average molecular weight is 443 g/mol. The van der Waals surface area contributed by atoms with E-state index in [1.54, 1.807) is 17.2 Å². The number of carbonyl (C=O) groups is 2. The molecule has 1 aliphatic heterocycles. The van der Waals surface area contributed by atoms with Crippen LogP contribution in [0.4, 0.5) is 18.0 Å². The van der Waals surface area contributed by atoms with E-state index in [2.05, 4.69) is 37.6 Å². The fourth-order valence-corrected chi connectivity index (χ4v) is 2.94. The summed E-state index contributed by atoms with van der Waals surface area (Å²) in [6, 6.07) is 4.02. The van der Waals surface area contributed by atoms with Crippen LogP contribution in [-0.4, -0.2) is 74.1 Å². The van der Waals surface area contributed by atoms with Crippen molar-refractivity contribution >= 4 is 12.0 Å². The first-order chi connectivity index (χ1) is 14.7. The van der Waals surface area contributed by atoms with Crippen molar-refractivity contribution in [2.75, 3.05) is 20.1 Å². The minimum Gasteiger partial charge on any atom is -0.475 e. The van der Waals surface area contributed by atoms with Gasteiger partial charge in [0.15, 0.2) is 5.82 Å². The van der Waals surface area contributed by atoms with Gasteiger partial charge in [0.2, 0.25) is 0 Å². The number of nitrogens with zero attached hydrogens (tertiary/aromatic N) is 5. The van der Waals surface area contributed by atoms with E-state index in [0.717, 1.165) is 18.5 Å². The predicted molar refractivity (Wildman–Crippen MR) is 103 cm³/mol. The van der Waals surface area contributed by atoms with Gasteiger partial charge >= 0.3 is 18.2 Å². The fraction of sp³-hybridized carbons (Fsp3) is 0.500. The second-order valence-corrected chi connectivity index (χ2v) is 6.82. The number of likely N-dealkylation sites (N-methyl/N-ethyl adjacent to an activating group) is 1. The van der Waals surface area contributed by atoms with Crippen molar-refractivity contribution in [2.45, 2.75) is 38.0 Å². The van der Waals surface area contributed by atoms with Crippen LogP contribution >= 0.6 is 0 Å². The molecule has 0 spiro atoms. The molecule has 0 aliphatic carbocycles. The summed E-state index contributed by atoms with van der Waals surface area (Å²) in [5, 5.41) is 17.1. The zero-order valence-electron chi connectivity index (χ0n) is 16.8. The third-order valence-electron chi connectivity index (χ3n) is 4.60. The van der Waals surface area contributed by atoms with Crippen molar-refractivity contribution in [3.05, 3.63) is 36.5 Å². The number of aliphatic carboxylic acids is 1. The van der Waals surface area contributed by atoms with Crippen molar-refractivity contribution in [1.82, 2.24) is 35.3 Å². The molecular weight excluding hydrogens is 419 g/mol. The highest BCUT2D eigenvalue weighted by Crippen LogP contribution is 2.14. The third-order valence-corrected chi connectivity index (χ3v) is 4.60. The van der Waals surface area contributed by atoms with Gasteiger partial charge < -0.3 is 20.6 Å². The van der Waals surface area contributed by atoms with E-state index in [4.69, 9.17) is 9.90 Å². The largest absolute Gasteiger partial charge is 0.490 e. The lowest BCUT2D eigenvalue weighted by atomic mass is 10.0. The first-order valence-corrected chi connectivity index (χ1v) is 9.49. The molecule has 13 heteroatoms. The van der Waals surface area contributed by atoms with Gasteiger partial charge in [0, 0.05) is 30.9 Å². The summed E-state index contributed by atoms with van der Waals surface area (Å²) >= 11 is 0. The SMILES string of the molecule is CN1CCCCC1CNC(=O)NCc1cccnc1-n1cncn1.O=C(O)C(F)(F)F. The Morgan fingerprint density at radius 1 is 1.29 bits per heavy atom. The zero-order valence-corrected chi connectivity index (χ0v) is 16.8. The smallest absolute Gasteiger partial charge is 0.475 e. The summed E-state index contributed by atoms with van der Waals surface area (Å²) in [7, 11) is 2.11. The van der Waals surface area contributed by atoms with E-state index >= 15 is 0 Å². The average Bonchev–Trinajstić information content (AvgIpc) is 3.26. The molecular formula is C18H24F3N7O3. The summed E-state index contributed by atoms with van der Waals surface area (Å²) in [5.41, 5.74) is 0.882. The molecule has 0 bridgehead atoms. The molecule has 2 aromatic heterocycles. The molecule has 3 heterocycles. The van der Waals surface area contributed by atoms with Crippen LogP contribution in [0.3, 0.4) is 0 Å². The third kappa shape index (κ3) is 7.85. The van der Waals surface area contributed by atoms with Crippen molar-refractivity contribution in [3.8, 4) is 5.82 Å². The molecule has 1 saturated heterocycles. The number of piperidine rings is 1. The Bertz CT molecular complexity index is 846. The maximum Gasteiger partial charge on any atom is 0.490 e. The highest BCUT2D eigenvalue weighted by atomic mass is 19.4. The fourth-order valence-electron chi connectivity index (χ4n) is 2.94. The molecule has 3 rings (SSSR count). The van der Waals surface area contributed by atoms with Crippen LogP contribution in [-0.2, 0) is 11.3 Å². The van der Waals surface area contributed by atoms with E-state index < -0.39 is 12.1 Å². The Balaban J connectivity index is 0.000000423. The van der Waals surface area contributed by atoms with Crippen molar-refractivity contribution < 1.29 is 27.9 Å². The molecule has 0 radical (unpaired) electrons. The van der Waals surface area contributed by atoms with Crippen LogP contribution in [0.2, 0.25) is 0 Å². The topological polar surface area (TPSA) is 125 Å². The number of carbonyl (C=O) groups excluding carboxylic acids is 1. The number of carboxylic acids is 1. The molecule has 2 aromatic rings. The van der Waals surface area contributed by atoms with Gasteiger partial charge in [-0.3, -0.25) is 0 Å². The molecule has 0 saturated carbocycles. The van der Waals surface area contributed by atoms with Gasteiger partial charge in [0.25, 0.3) is 0 Å². The van der Waals surface area contributed by atoms with E-state index in [1.165, 1.54) is 19.2 Å². The number of likely N-dealkylation sites (tertiary alicyclic amines) is 1. The summed E-state index contributed by atoms with van der Waals surface area (Å²) < 4.78 is 33.3. The van der Waals surface area contributed by atoms with Crippen LogP contribution in [0.5, 0.6) is 0 Å². The Morgan fingerprint density at radius 2 is 2.03 bits per heavy atom. The Labute approximate surface area is 176 Å². The molecule has 31 heavy (non-hydrogen) atoms. The second kappa shape index (κ2) is 11.2. The lowest BCUT2D eigenvalue weighted by molar-refractivity contribution is -0.192. The van der Waals surface area contributed by atoms with Gasteiger partial charge in [-0.1, -0.05) is 12.5 Å². The van der Waals surface area contributed by atoms with E-state index in [0.29, 0.717) is 24.9 Å². The summed E-state index contributed by atoms with van der Waals surface area (Å²) in [4.78, 5) is 31.5. The number of halogens is 3. The molecule has 0 aromatic carbocycles. The highest BCUT2D eigenvalue weighted by molar-refractivity contribution is 5.74. The number of amides is 2. The molecule has 1 aliphatic rings. The van der Waals surface area contributed by atoms with Gasteiger partial charge in [0.1, 0.15) is 12.7 Å². The van der Waals surface area contributed by atoms with Crippen LogP contribution in [0.15, 0.2) is 31.0 Å². The van der Waals surface area contributed by atoms with Gasteiger partial charge in [-0.15, -0.1) is 0 Å². The minimum atomic E-state index is -5.08. The zero-order chi connectivity index (χ0) is 22.9. The monoisotopic (exact) mass is 443 g/mol. The van der Waals surface area contributed by atoms with Crippen molar-refractivity contribution in [2.24, 2.45) is 0 Å². The summed E-state index contributed by atoms with van der Waals surface area (Å²) in [6.07, 6.45) is 3.26. The first kappa shape index (κ1) is 24.1. The number of rotatable bonds is 5. The highest BCUT2D eigenvalue weighted by Gasteiger charge is 2.38. The molecule has 2 amide bonds. The molecule has 1 atom stereocenters. The Kier molecular flexibility index (Phi) is 8.73. The summed E-state index contributed by atoms with van der Waals surface area (Å²) in [5.74, 6) is -2.09. The number of carboxylic acid groups (broad SMARTS) is 1. The Hall–Kier alpha value is -3.22. The van der Waals surface area contributed by atoms with E-state index in [9.17, 15) is 18.0 Å². The summed E-state index contributed by atoms with van der Waals surface area (Å²) in [6.45, 7) is 2.16. The lowest BCUT2D eigenvalue weighted by Crippen LogP contribution is -2.46. The van der Waals surface area contributed by atoms with Crippen LogP contribution < -0.4 is 10.6 Å². The number of aromatic nitrogens is 4. The standard InChI is InChI=1S/C16H23N7O.C2HF3O2/c1-22-8-3-2-6-14(22)10-20-16(24)19-9-13-5-4-7-18-15(13)23-12-17-11-21-23;3-2(4,5)1(6)7/h4-5,7,11-12,14H,2-3,6,8-10H2,1H3,(H2,19,20,24);(H,6,7). The molecule has 1 unspecified atom stereocenters. The maximum atomic E-state index is 12.1. The Morgan fingerprint density at radius 3 is 2.65 bits per heavy atom. The predicted octanol–water partition coefficient (Wildman–Crippen LogP) is 1.58. The second-order valence-electron chi connectivity index (χ2n) is 6.82. The van der Waals surface area contributed by atoms with Gasteiger partial charge in [0.05, 0.1) is 0 Å². The lowest BCUT2D eigenvalue weighted by Gasteiger charge is -2.32. The molecule has 3 N–H and O–H groups in total. The van der Waals surface area contributed by atoms with Crippen LogP contribution in [0.1, 0.15) is 24.8 Å². The normalized spacial score (nSPS) is 16.7. The van der Waals surface area contributed by atoms with Gasteiger partial charge in [-0.2, -0.15) is 18.3 Å². The minimum absolute atomic E-state index is 0.164.